The molecule has 40 heavy (non-hydrogen) atoms. The quantitative estimate of drug-likeness (QED) is 0.104. The zero-order chi connectivity index (χ0) is 25.3. The Bertz CT molecular complexity index is 1290. The third-order valence-corrected chi connectivity index (χ3v) is 6.68. The monoisotopic (exact) mass is 649 g/mol. The maximum Gasteiger partial charge on any atom is 0.119 e. The molecule has 6 nitrogen and oxygen atoms in total. The Morgan fingerprint density at radius 1 is 0.775 bits per heavy atom. The molecule has 0 unspecified atom stereocenters. The minimum atomic E-state index is 0. The zero-order valence-corrected chi connectivity index (χ0v) is 26.6. The molecule has 0 aliphatic heterocycles. The maximum absolute atomic E-state index is 6.26. The minimum Gasteiger partial charge on any atom is -0.497 e. The largest absolute Gasteiger partial charge is 0.497 e. The number of halogens is 5. The number of hydrogen-bond acceptors (Lipinski definition) is 6. The Morgan fingerprint density at radius 3 is 2.12 bits per heavy atom. The smallest absolute Gasteiger partial charge is 0.119 e. The van der Waals surface area contributed by atoms with E-state index in [4.69, 9.17) is 32.8 Å². The van der Waals surface area contributed by atoms with Gasteiger partial charge in [-0.1, -0.05) is 35.9 Å². The van der Waals surface area contributed by atoms with Crippen molar-refractivity contribution in [1.82, 2.24) is 9.88 Å². The third-order valence-electron chi connectivity index (χ3n) is 6.45. The molecule has 4 aromatic rings. The van der Waals surface area contributed by atoms with Crippen LogP contribution in [0.3, 0.4) is 0 Å². The highest BCUT2D eigenvalue weighted by atomic mass is 35.5. The molecule has 0 saturated heterocycles. The van der Waals surface area contributed by atoms with E-state index in [0.29, 0.717) is 18.1 Å². The van der Waals surface area contributed by atoms with Crippen LogP contribution in [0.2, 0.25) is 5.02 Å². The van der Waals surface area contributed by atoms with E-state index < -0.39 is 0 Å². The summed E-state index contributed by atoms with van der Waals surface area (Å²) in [5, 5.41) is 6.39. The zero-order valence-electron chi connectivity index (χ0n) is 22.6. The van der Waals surface area contributed by atoms with E-state index >= 15 is 0 Å². The van der Waals surface area contributed by atoms with Crippen LogP contribution in [0.15, 0.2) is 60.7 Å². The van der Waals surface area contributed by atoms with Crippen molar-refractivity contribution < 1.29 is 4.74 Å². The second-order valence-corrected chi connectivity index (χ2v) is 9.55. The molecule has 1 aromatic heterocycles. The van der Waals surface area contributed by atoms with Gasteiger partial charge in [0.05, 0.1) is 23.8 Å². The molecule has 4 rings (SSSR count). The molecule has 0 aliphatic rings. The lowest BCUT2D eigenvalue weighted by Crippen LogP contribution is -2.27. The van der Waals surface area contributed by atoms with Crippen molar-refractivity contribution in [3.05, 3.63) is 76.8 Å². The SMILES string of the molecule is COc1ccc2nc3cc(Cl)ccc3c(NCc3ccc(CN(CCCN)CCCCN)cc3)c2c1.Cl.Cl.Cl.Cl. The van der Waals surface area contributed by atoms with Gasteiger partial charge in [-0.2, -0.15) is 0 Å². The van der Waals surface area contributed by atoms with Gasteiger partial charge in [-0.05, 0) is 93.0 Å². The van der Waals surface area contributed by atoms with E-state index in [1.165, 1.54) is 11.1 Å². The Labute approximate surface area is 267 Å². The Kier molecular flexibility index (Phi) is 18.5. The number of nitrogens with two attached hydrogens (primary N) is 2. The van der Waals surface area contributed by atoms with Crippen LogP contribution in [0, 0.1) is 0 Å². The van der Waals surface area contributed by atoms with E-state index in [9.17, 15) is 0 Å². The fourth-order valence-electron chi connectivity index (χ4n) is 4.49. The van der Waals surface area contributed by atoms with Gasteiger partial charge < -0.3 is 21.5 Å². The van der Waals surface area contributed by atoms with E-state index in [0.717, 1.165) is 78.7 Å². The highest BCUT2D eigenvalue weighted by molar-refractivity contribution is 6.31. The summed E-state index contributed by atoms with van der Waals surface area (Å²) in [5.74, 6) is 0.802. The Balaban J connectivity index is 0.00000380. The molecule has 0 aliphatic carbocycles. The summed E-state index contributed by atoms with van der Waals surface area (Å²) in [7, 11) is 1.68. The normalized spacial score (nSPS) is 10.3. The summed E-state index contributed by atoms with van der Waals surface area (Å²) in [6.07, 6.45) is 3.18. The summed E-state index contributed by atoms with van der Waals surface area (Å²) in [5.41, 5.74) is 16.7. The van der Waals surface area contributed by atoms with Crippen molar-refractivity contribution in [1.29, 1.82) is 0 Å². The molecule has 0 amide bonds. The molecule has 5 N–H and O–H groups in total. The number of fused-ring (bicyclic) bond motifs is 2. The van der Waals surface area contributed by atoms with Gasteiger partial charge in [0.1, 0.15) is 5.75 Å². The van der Waals surface area contributed by atoms with Crippen LogP contribution in [0.5, 0.6) is 5.75 Å². The fourth-order valence-corrected chi connectivity index (χ4v) is 4.66. The molecule has 0 spiro atoms. The number of hydrogen-bond donors (Lipinski definition) is 3. The first-order valence-electron chi connectivity index (χ1n) is 12.6. The summed E-state index contributed by atoms with van der Waals surface area (Å²) >= 11 is 6.26. The van der Waals surface area contributed by atoms with E-state index in [2.05, 4.69) is 34.5 Å². The number of benzene rings is 3. The Morgan fingerprint density at radius 2 is 1.45 bits per heavy atom. The average molecular weight is 652 g/mol. The van der Waals surface area contributed by atoms with Crippen LogP contribution in [-0.4, -0.2) is 43.2 Å². The maximum atomic E-state index is 6.26. The van der Waals surface area contributed by atoms with Crippen molar-refractivity contribution in [2.45, 2.75) is 32.4 Å². The predicted octanol–water partition coefficient (Wildman–Crippen LogP) is 7.24. The first kappa shape index (κ1) is 38.3. The van der Waals surface area contributed by atoms with E-state index in [1.54, 1.807) is 7.11 Å². The fraction of sp³-hybridized carbons (Fsp3) is 0.345. The lowest BCUT2D eigenvalue weighted by atomic mass is 10.1. The van der Waals surface area contributed by atoms with Gasteiger partial charge in [0.15, 0.2) is 0 Å². The molecular weight excluding hydrogens is 612 g/mol. The average Bonchev–Trinajstić information content (AvgIpc) is 2.90. The molecular formula is C29H40Cl5N5O. The second-order valence-electron chi connectivity index (χ2n) is 9.12. The van der Waals surface area contributed by atoms with Crippen molar-refractivity contribution in [3.8, 4) is 5.75 Å². The van der Waals surface area contributed by atoms with Gasteiger partial charge in [0, 0.05) is 28.9 Å². The number of nitrogens with zero attached hydrogens (tertiary/aromatic N) is 2. The molecule has 1 heterocycles. The first-order valence-corrected chi connectivity index (χ1v) is 13.0. The van der Waals surface area contributed by atoms with Gasteiger partial charge >= 0.3 is 0 Å². The third kappa shape index (κ3) is 10.3. The van der Waals surface area contributed by atoms with Gasteiger partial charge in [0.25, 0.3) is 0 Å². The summed E-state index contributed by atoms with van der Waals surface area (Å²) in [6.45, 7) is 5.15. The lowest BCUT2D eigenvalue weighted by molar-refractivity contribution is 0.258. The number of pyridine rings is 1. The van der Waals surface area contributed by atoms with Gasteiger partial charge in [0.2, 0.25) is 0 Å². The number of methoxy groups -OCH3 is 1. The van der Waals surface area contributed by atoms with Crippen molar-refractivity contribution in [2.24, 2.45) is 11.5 Å². The van der Waals surface area contributed by atoms with Crippen LogP contribution >= 0.6 is 61.2 Å². The number of aromatic nitrogens is 1. The minimum absolute atomic E-state index is 0. The number of unbranched alkanes of at least 4 members (excludes halogenated alkanes) is 1. The highest BCUT2D eigenvalue weighted by Crippen LogP contribution is 2.34. The standard InChI is InChI=1S/C29H36ClN5O.4ClH/c1-36-24-10-12-27-26(18-24)29(25-11-9-23(30)17-28(25)34-27)33-19-21-5-7-22(8-6-21)20-35(16-4-14-32)15-3-2-13-31;;;;/h5-12,17-18H,2-4,13-16,19-20,31-32H2,1H3,(H,33,34);4*1H. The van der Waals surface area contributed by atoms with Gasteiger partial charge in [-0.3, -0.25) is 4.90 Å². The van der Waals surface area contributed by atoms with Crippen LogP contribution in [0.1, 0.15) is 30.4 Å². The number of ether oxygens (including phenoxy) is 1. The molecule has 222 valence electrons. The summed E-state index contributed by atoms with van der Waals surface area (Å²) in [4.78, 5) is 7.29. The molecule has 0 fully saturated rings. The van der Waals surface area contributed by atoms with Gasteiger partial charge in [-0.15, -0.1) is 49.6 Å². The number of anilines is 1. The molecule has 11 heteroatoms. The lowest BCUT2D eigenvalue weighted by Gasteiger charge is -2.22. The molecule has 3 aromatic carbocycles. The van der Waals surface area contributed by atoms with Crippen LogP contribution < -0.4 is 21.5 Å². The first-order chi connectivity index (χ1) is 17.6. The van der Waals surface area contributed by atoms with Crippen molar-refractivity contribution in [2.75, 3.05) is 38.6 Å². The van der Waals surface area contributed by atoms with Gasteiger partial charge in [-0.25, -0.2) is 4.98 Å². The number of rotatable bonds is 13. The van der Waals surface area contributed by atoms with Crippen LogP contribution in [0.4, 0.5) is 5.69 Å². The Hall–Kier alpha value is -1.74. The van der Waals surface area contributed by atoms with Crippen molar-refractivity contribution >= 4 is 88.7 Å². The predicted molar refractivity (Wildman–Crippen MR) is 181 cm³/mol. The topological polar surface area (TPSA) is 89.4 Å². The van der Waals surface area contributed by atoms with E-state index in [-0.39, 0.29) is 49.6 Å². The molecule has 0 radical (unpaired) electrons. The second kappa shape index (κ2) is 19.4. The highest BCUT2D eigenvalue weighted by Gasteiger charge is 2.11. The van der Waals surface area contributed by atoms with Crippen LogP contribution in [0.25, 0.3) is 21.8 Å². The molecule has 0 bridgehead atoms. The number of nitrogens with one attached hydrogen (secondary N) is 1. The molecule has 0 atom stereocenters. The summed E-state index contributed by atoms with van der Waals surface area (Å²) < 4.78 is 5.48. The van der Waals surface area contributed by atoms with Crippen molar-refractivity contribution in [3.63, 3.8) is 0 Å². The summed E-state index contributed by atoms with van der Waals surface area (Å²) in [6, 6.07) is 20.6. The molecule has 0 saturated carbocycles. The van der Waals surface area contributed by atoms with E-state index in [1.807, 2.05) is 36.4 Å². The van der Waals surface area contributed by atoms with Crippen LogP contribution in [-0.2, 0) is 13.1 Å².